The van der Waals surface area contributed by atoms with E-state index in [1.165, 1.54) is 13.2 Å². The molecule has 0 N–H and O–H groups in total. The quantitative estimate of drug-likeness (QED) is 0.607. The third-order valence-corrected chi connectivity index (χ3v) is 3.39. The summed E-state index contributed by atoms with van der Waals surface area (Å²) in [5, 5.41) is 4.35. The Morgan fingerprint density at radius 2 is 2.09 bits per heavy atom. The Bertz CT molecular complexity index is 702. The molecular weight excluding hydrogens is 280 g/mol. The summed E-state index contributed by atoms with van der Waals surface area (Å²) in [5.41, 5.74) is 2.29. The molecule has 0 aliphatic rings. The summed E-state index contributed by atoms with van der Waals surface area (Å²) in [6.45, 7) is 4.74. The van der Waals surface area contributed by atoms with E-state index < -0.39 is 0 Å². The lowest BCUT2D eigenvalue weighted by molar-refractivity contribution is 0.104. The summed E-state index contributed by atoms with van der Waals surface area (Å²) in [4.78, 5) is 12.4. The molecule has 0 fully saturated rings. The van der Waals surface area contributed by atoms with Crippen LogP contribution in [-0.2, 0) is 6.54 Å². The van der Waals surface area contributed by atoms with Gasteiger partial charge in [0, 0.05) is 18.3 Å². The van der Waals surface area contributed by atoms with E-state index in [0.717, 1.165) is 17.8 Å². The fraction of sp³-hybridized carbons (Fsp3) is 0.294. The van der Waals surface area contributed by atoms with Crippen molar-refractivity contribution in [3.63, 3.8) is 0 Å². The van der Waals surface area contributed by atoms with Crippen LogP contribution < -0.4 is 9.47 Å². The van der Waals surface area contributed by atoms with Gasteiger partial charge in [0.25, 0.3) is 0 Å². The summed E-state index contributed by atoms with van der Waals surface area (Å²) in [6.07, 6.45) is 5.22. The fourth-order valence-corrected chi connectivity index (χ4v) is 2.12. The fourth-order valence-electron chi connectivity index (χ4n) is 2.12. The summed E-state index contributed by atoms with van der Waals surface area (Å²) in [7, 11) is 3.10. The molecule has 0 saturated carbocycles. The van der Waals surface area contributed by atoms with Gasteiger partial charge in [0.1, 0.15) is 11.5 Å². The molecule has 2 aromatic rings. The third-order valence-electron chi connectivity index (χ3n) is 3.39. The number of ketones is 1. The first kappa shape index (κ1) is 15.8. The van der Waals surface area contributed by atoms with E-state index in [4.69, 9.17) is 9.47 Å². The number of aryl methyl sites for hydroxylation is 2. The number of rotatable bonds is 6. The Labute approximate surface area is 130 Å². The molecule has 1 aromatic carbocycles. The minimum atomic E-state index is -0.139. The summed E-state index contributed by atoms with van der Waals surface area (Å²) in [6, 6.07) is 5.16. The van der Waals surface area contributed by atoms with E-state index >= 15 is 0 Å². The van der Waals surface area contributed by atoms with Gasteiger partial charge >= 0.3 is 0 Å². The number of hydrogen-bond acceptors (Lipinski definition) is 4. The SMILES string of the molecule is CCn1cc(/C=C/C(=O)c2cc(OC)ccc2OC)c(C)n1. The van der Waals surface area contributed by atoms with Gasteiger partial charge in [0.05, 0.1) is 25.5 Å². The molecule has 0 unspecified atom stereocenters. The molecule has 2 rings (SSSR count). The van der Waals surface area contributed by atoms with Crippen molar-refractivity contribution < 1.29 is 14.3 Å². The number of carbonyl (C=O) groups excluding carboxylic acids is 1. The number of aromatic nitrogens is 2. The van der Waals surface area contributed by atoms with Gasteiger partial charge in [-0.3, -0.25) is 9.48 Å². The molecule has 116 valence electrons. The minimum Gasteiger partial charge on any atom is -0.497 e. The first-order chi connectivity index (χ1) is 10.6. The van der Waals surface area contributed by atoms with E-state index in [-0.39, 0.29) is 5.78 Å². The molecule has 0 radical (unpaired) electrons. The number of carbonyl (C=O) groups is 1. The van der Waals surface area contributed by atoms with Crippen molar-refractivity contribution in [2.75, 3.05) is 14.2 Å². The normalized spacial score (nSPS) is 10.9. The van der Waals surface area contributed by atoms with Crippen molar-refractivity contribution in [2.24, 2.45) is 0 Å². The Morgan fingerprint density at radius 3 is 2.68 bits per heavy atom. The van der Waals surface area contributed by atoms with Crippen LogP contribution in [-0.4, -0.2) is 29.8 Å². The molecule has 5 heteroatoms. The number of allylic oxidation sites excluding steroid dienone is 1. The van der Waals surface area contributed by atoms with E-state index in [1.807, 2.05) is 24.7 Å². The van der Waals surface area contributed by atoms with Crippen LogP contribution in [0.15, 0.2) is 30.5 Å². The van der Waals surface area contributed by atoms with Crippen molar-refractivity contribution in [3.05, 3.63) is 47.3 Å². The highest BCUT2D eigenvalue weighted by atomic mass is 16.5. The topological polar surface area (TPSA) is 53.4 Å². The number of benzene rings is 1. The first-order valence-electron chi connectivity index (χ1n) is 7.07. The van der Waals surface area contributed by atoms with Crippen LogP contribution in [0.4, 0.5) is 0 Å². The monoisotopic (exact) mass is 300 g/mol. The third kappa shape index (κ3) is 3.36. The van der Waals surface area contributed by atoms with Gasteiger partial charge in [-0.25, -0.2) is 0 Å². The maximum atomic E-state index is 12.4. The molecule has 0 spiro atoms. The molecule has 1 heterocycles. The maximum Gasteiger partial charge on any atom is 0.189 e. The van der Waals surface area contributed by atoms with Crippen molar-refractivity contribution in [1.29, 1.82) is 0 Å². The number of hydrogen-bond donors (Lipinski definition) is 0. The zero-order valence-electron chi connectivity index (χ0n) is 13.3. The lowest BCUT2D eigenvalue weighted by Gasteiger charge is -2.07. The van der Waals surface area contributed by atoms with Gasteiger partial charge in [-0.1, -0.05) is 0 Å². The summed E-state index contributed by atoms with van der Waals surface area (Å²) >= 11 is 0. The molecule has 0 atom stereocenters. The first-order valence-corrected chi connectivity index (χ1v) is 7.07. The van der Waals surface area contributed by atoms with Crippen molar-refractivity contribution in [3.8, 4) is 11.5 Å². The van der Waals surface area contributed by atoms with Crippen LogP contribution in [0.3, 0.4) is 0 Å². The van der Waals surface area contributed by atoms with E-state index in [9.17, 15) is 4.79 Å². The van der Waals surface area contributed by atoms with Crippen LogP contribution in [0.1, 0.15) is 28.5 Å². The molecule has 0 amide bonds. The average molecular weight is 300 g/mol. The number of ether oxygens (including phenoxy) is 2. The van der Waals surface area contributed by atoms with E-state index in [1.54, 1.807) is 31.4 Å². The van der Waals surface area contributed by atoms with Crippen molar-refractivity contribution >= 4 is 11.9 Å². The second-order valence-electron chi connectivity index (χ2n) is 4.79. The summed E-state index contributed by atoms with van der Waals surface area (Å²) in [5.74, 6) is 1.00. The highest BCUT2D eigenvalue weighted by Crippen LogP contribution is 2.25. The Hall–Kier alpha value is -2.56. The lowest BCUT2D eigenvalue weighted by atomic mass is 10.1. The van der Waals surface area contributed by atoms with Gasteiger partial charge in [0.2, 0.25) is 0 Å². The van der Waals surface area contributed by atoms with Gasteiger partial charge in [-0.2, -0.15) is 5.10 Å². The van der Waals surface area contributed by atoms with Crippen LogP contribution >= 0.6 is 0 Å². The maximum absolute atomic E-state index is 12.4. The van der Waals surface area contributed by atoms with Crippen LogP contribution in [0.25, 0.3) is 6.08 Å². The number of methoxy groups -OCH3 is 2. The average Bonchev–Trinajstić information content (AvgIpc) is 2.92. The molecule has 0 aliphatic carbocycles. The molecule has 1 aromatic heterocycles. The zero-order chi connectivity index (χ0) is 16.1. The minimum absolute atomic E-state index is 0.139. The molecule has 0 bridgehead atoms. The highest BCUT2D eigenvalue weighted by Gasteiger charge is 2.11. The highest BCUT2D eigenvalue weighted by molar-refractivity contribution is 6.08. The predicted molar refractivity (Wildman–Crippen MR) is 85.5 cm³/mol. The molecule has 22 heavy (non-hydrogen) atoms. The van der Waals surface area contributed by atoms with Crippen LogP contribution in [0.2, 0.25) is 0 Å². The Morgan fingerprint density at radius 1 is 1.32 bits per heavy atom. The van der Waals surface area contributed by atoms with Crippen LogP contribution in [0, 0.1) is 6.92 Å². The van der Waals surface area contributed by atoms with Crippen molar-refractivity contribution in [2.45, 2.75) is 20.4 Å². The Kier molecular flexibility index (Phi) is 4.99. The molecule has 0 saturated heterocycles. The van der Waals surface area contributed by atoms with Gasteiger partial charge < -0.3 is 9.47 Å². The predicted octanol–water partition coefficient (Wildman–Crippen LogP) is 3.12. The molecule has 5 nitrogen and oxygen atoms in total. The smallest absolute Gasteiger partial charge is 0.189 e. The van der Waals surface area contributed by atoms with Gasteiger partial charge in [-0.05, 0) is 44.2 Å². The zero-order valence-corrected chi connectivity index (χ0v) is 13.3. The Balaban J connectivity index is 2.28. The van der Waals surface area contributed by atoms with E-state index in [0.29, 0.717) is 17.1 Å². The molecular formula is C17H20N2O3. The largest absolute Gasteiger partial charge is 0.497 e. The lowest BCUT2D eigenvalue weighted by Crippen LogP contribution is -1.99. The summed E-state index contributed by atoms with van der Waals surface area (Å²) < 4.78 is 12.2. The van der Waals surface area contributed by atoms with Gasteiger partial charge in [-0.15, -0.1) is 0 Å². The van der Waals surface area contributed by atoms with Gasteiger partial charge in [0.15, 0.2) is 5.78 Å². The van der Waals surface area contributed by atoms with Crippen molar-refractivity contribution in [1.82, 2.24) is 9.78 Å². The number of nitrogens with zero attached hydrogens (tertiary/aromatic N) is 2. The molecule has 0 aliphatic heterocycles. The second-order valence-corrected chi connectivity index (χ2v) is 4.79. The second kappa shape index (κ2) is 6.93. The van der Waals surface area contributed by atoms with Crippen LogP contribution in [0.5, 0.6) is 11.5 Å². The standard InChI is InChI=1S/C17H20N2O3/c1-5-19-11-13(12(2)18-19)6-8-16(20)15-10-14(21-3)7-9-17(15)22-4/h6-11H,5H2,1-4H3/b8-6+. The van der Waals surface area contributed by atoms with E-state index in [2.05, 4.69) is 5.10 Å².